The number of carbonyl (C=O) groups is 1. The number of halogens is 2. The highest BCUT2D eigenvalue weighted by atomic mass is 35.5. The number of carbonyl (C=O) groups excluding carboxylic acids is 1. The number of anilines is 1. The first kappa shape index (κ1) is 22.9. The molecule has 0 bridgehead atoms. The van der Waals surface area contributed by atoms with E-state index < -0.39 is 4.92 Å². The van der Waals surface area contributed by atoms with Crippen molar-refractivity contribution in [3.63, 3.8) is 0 Å². The maximum absolute atomic E-state index is 12.3. The average Bonchev–Trinajstić information content (AvgIpc) is 3.16. The van der Waals surface area contributed by atoms with Gasteiger partial charge in [0.1, 0.15) is 10.8 Å². The highest BCUT2D eigenvalue weighted by molar-refractivity contribution is 7.99. The van der Waals surface area contributed by atoms with Gasteiger partial charge in [-0.3, -0.25) is 14.9 Å². The number of nitro groups is 1. The summed E-state index contributed by atoms with van der Waals surface area (Å²) in [5.41, 5.74) is 0.690. The third-order valence-electron chi connectivity index (χ3n) is 4.19. The molecule has 0 spiro atoms. The lowest BCUT2D eigenvalue weighted by atomic mass is 10.2. The fourth-order valence-corrected chi connectivity index (χ4v) is 3.95. The van der Waals surface area contributed by atoms with E-state index in [1.165, 1.54) is 30.0 Å². The topological polar surface area (TPSA) is 112 Å². The lowest BCUT2D eigenvalue weighted by Gasteiger charge is -2.11. The number of ether oxygens (including phenoxy) is 1. The average molecular weight is 482 g/mol. The Labute approximate surface area is 191 Å². The van der Waals surface area contributed by atoms with E-state index in [2.05, 4.69) is 15.5 Å². The van der Waals surface area contributed by atoms with E-state index in [0.717, 1.165) is 0 Å². The lowest BCUT2D eigenvalue weighted by Crippen LogP contribution is -2.14. The number of benzene rings is 2. The van der Waals surface area contributed by atoms with Crippen LogP contribution < -0.4 is 10.1 Å². The van der Waals surface area contributed by atoms with Crippen LogP contribution in [0.15, 0.2) is 41.6 Å². The Morgan fingerprint density at radius 1 is 1.26 bits per heavy atom. The van der Waals surface area contributed by atoms with Crippen LogP contribution in [0.3, 0.4) is 0 Å². The van der Waals surface area contributed by atoms with Crippen molar-refractivity contribution in [1.29, 1.82) is 0 Å². The molecule has 0 unspecified atom stereocenters. The molecule has 0 saturated heterocycles. The molecule has 12 heteroatoms. The lowest BCUT2D eigenvalue weighted by molar-refractivity contribution is -0.384. The predicted molar refractivity (Wildman–Crippen MR) is 120 cm³/mol. The van der Waals surface area contributed by atoms with Crippen molar-refractivity contribution in [3.05, 3.63) is 56.6 Å². The minimum absolute atomic E-state index is 0.00241. The van der Waals surface area contributed by atoms with Gasteiger partial charge in [0.25, 0.3) is 5.69 Å². The van der Waals surface area contributed by atoms with Crippen molar-refractivity contribution in [3.8, 4) is 17.1 Å². The van der Waals surface area contributed by atoms with Gasteiger partial charge in [-0.15, -0.1) is 10.2 Å². The fraction of sp³-hybridized carbons (Fsp3) is 0.211. The Balaban J connectivity index is 1.75. The number of amides is 1. The van der Waals surface area contributed by atoms with Gasteiger partial charge in [-0.05, 0) is 37.3 Å². The summed E-state index contributed by atoms with van der Waals surface area (Å²) in [6.45, 7) is 2.49. The second-order valence-electron chi connectivity index (χ2n) is 6.16. The maximum Gasteiger partial charge on any atom is 0.289 e. The number of rotatable bonds is 8. The number of nitrogens with zero attached hydrogens (tertiary/aromatic N) is 4. The minimum atomic E-state index is -0.609. The van der Waals surface area contributed by atoms with E-state index in [0.29, 0.717) is 33.9 Å². The molecule has 162 valence electrons. The molecule has 2 aromatic carbocycles. The van der Waals surface area contributed by atoms with Crippen molar-refractivity contribution in [2.45, 2.75) is 18.6 Å². The van der Waals surface area contributed by atoms with Gasteiger partial charge in [0.2, 0.25) is 5.91 Å². The molecule has 1 N–H and O–H groups in total. The number of aromatic nitrogens is 3. The maximum atomic E-state index is 12.3. The summed E-state index contributed by atoms with van der Waals surface area (Å²) >= 11 is 13.1. The summed E-state index contributed by atoms with van der Waals surface area (Å²) in [6.07, 6.45) is 0. The largest absolute Gasteiger partial charge is 0.496 e. The van der Waals surface area contributed by atoms with E-state index in [-0.39, 0.29) is 28.1 Å². The molecular formula is C19H17Cl2N5O4S. The molecule has 0 aliphatic heterocycles. The van der Waals surface area contributed by atoms with Gasteiger partial charge in [-0.25, -0.2) is 0 Å². The summed E-state index contributed by atoms with van der Waals surface area (Å²) in [4.78, 5) is 22.7. The van der Waals surface area contributed by atoms with E-state index in [1.807, 2.05) is 11.5 Å². The van der Waals surface area contributed by atoms with E-state index in [9.17, 15) is 14.9 Å². The zero-order chi connectivity index (χ0) is 22.5. The quantitative estimate of drug-likeness (QED) is 0.276. The predicted octanol–water partition coefficient (Wildman–Crippen LogP) is 4.92. The Kier molecular flexibility index (Phi) is 7.37. The van der Waals surface area contributed by atoms with Gasteiger partial charge < -0.3 is 14.6 Å². The highest BCUT2D eigenvalue weighted by Crippen LogP contribution is 2.33. The molecule has 0 aliphatic rings. The summed E-state index contributed by atoms with van der Waals surface area (Å²) < 4.78 is 7.24. The first-order chi connectivity index (χ1) is 14.8. The number of nitrogens with one attached hydrogen (secondary N) is 1. The van der Waals surface area contributed by atoms with E-state index in [1.54, 1.807) is 25.3 Å². The number of hydrogen-bond donors (Lipinski definition) is 1. The molecule has 1 amide bonds. The molecule has 0 saturated carbocycles. The van der Waals surface area contributed by atoms with Crippen LogP contribution in [0.4, 0.5) is 11.4 Å². The van der Waals surface area contributed by atoms with E-state index in [4.69, 9.17) is 27.9 Å². The van der Waals surface area contributed by atoms with Crippen LogP contribution >= 0.6 is 35.0 Å². The van der Waals surface area contributed by atoms with Crippen LogP contribution in [0.5, 0.6) is 5.75 Å². The van der Waals surface area contributed by atoms with Gasteiger partial charge in [0, 0.05) is 23.3 Å². The number of nitro benzene ring substituents is 1. The summed E-state index contributed by atoms with van der Waals surface area (Å²) in [5, 5.41) is 23.1. The third kappa shape index (κ3) is 5.27. The number of hydrogen-bond acceptors (Lipinski definition) is 7. The first-order valence-electron chi connectivity index (χ1n) is 8.97. The van der Waals surface area contributed by atoms with Crippen LogP contribution in [-0.4, -0.2) is 38.5 Å². The first-order valence-corrected chi connectivity index (χ1v) is 10.7. The Morgan fingerprint density at radius 2 is 2.03 bits per heavy atom. The number of thioether (sulfide) groups is 1. The van der Waals surface area contributed by atoms with Crippen molar-refractivity contribution in [1.82, 2.24) is 14.8 Å². The van der Waals surface area contributed by atoms with Crippen LogP contribution in [-0.2, 0) is 11.3 Å². The van der Waals surface area contributed by atoms with Gasteiger partial charge in [0.05, 0.1) is 23.3 Å². The fourth-order valence-electron chi connectivity index (χ4n) is 2.79. The number of methoxy groups -OCH3 is 1. The molecule has 1 aromatic heterocycles. The molecule has 3 aromatic rings. The minimum Gasteiger partial charge on any atom is -0.496 e. The molecule has 1 heterocycles. The third-order valence-corrected chi connectivity index (χ3v) is 5.72. The Bertz CT molecular complexity index is 1140. The standard InChI is InChI=1S/C19H17Cl2N5O4S/c1-3-25-18(13-8-11(20)4-7-16(13)30-2)23-24-19(25)31-10-17(27)22-12-5-6-14(21)15(9-12)26(28)29/h4-9H,3,10H2,1-2H3,(H,22,27). The molecular weight excluding hydrogens is 465 g/mol. The summed E-state index contributed by atoms with van der Waals surface area (Å²) in [6, 6.07) is 9.28. The van der Waals surface area contributed by atoms with Crippen LogP contribution in [0.1, 0.15) is 6.92 Å². The molecule has 0 fully saturated rings. The smallest absolute Gasteiger partial charge is 0.289 e. The van der Waals surface area contributed by atoms with E-state index >= 15 is 0 Å². The Hall–Kier alpha value is -2.82. The zero-order valence-corrected chi connectivity index (χ0v) is 18.8. The van der Waals surface area contributed by atoms with Gasteiger partial charge in [0.15, 0.2) is 11.0 Å². The summed E-state index contributed by atoms with van der Waals surface area (Å²) in [7, 11) is 1.56. The van der Waals surface area contributed by atoms with Gasteiger partial charge in [-0.1, -0.05) is 35.0 Å². The second kappa shape index (κ2) is 9.99. The molecule has 0 atom stereocenters. The van der Waals surface area contributed by atoms with Crippen molar-refractivity contribution < 1.29 is 14.5 Å². The Morgan fingerprint density at radius 3 is 2.71 bits per heavy atom. The van der Waals surface area contributed by atoms with Crippen molar-refractivity contribution in [2.75, 3.05) is 18.2 Å². The SMILES string of the molecule is CCn1c(SCC(=O)Nc2ccc(Cl)c([N+](=O)[O-])c2)nnc1-c1cc(Cl)ccc1OC. The van der Waals surface area contributed by atoms with Crippen LogP contribution in [0.2, 0.25) is 10.0 Å². The zero-order valence-electron chi connectivity index (χ0n) is 16.5. The molecule has 9 nitrogen and oxygen atoms in total. The second-order valence-corrected chi connectivity index (χ2v) is 7.94. The van der Waals surface area contributed by atoms with Gasteiger partial charge in [-0.2, -0.15) is 0 Å². The molecule has 3 rings (SSSR count). The molecule has 0 aliphatic carbocycles. The monoisotopic (exact) mass is 481 g/mol. The van der Waals surface area contributed by atoms with Crippen LogP contribution in [0.25, 0.3) is 11.4 Å². The van der Waals surface area contributed by atoms with Crippen LogP contribution in [0, 0.1) is 10.1 Å². The van der Waals surface area contributed by atoms with Crippen molar-refractivity contribution in [2.24, 2.45) is 0 Å². The van der Waals surface area contributed by atoms with Gasteiger partial charge >= 0.3 is 0 Å². The molecule has 31 heavy (non-hydrogen) atoms. The molecule has 0 radical (unpaired) electrons. The highest BCUT2D eigenvalue weighted by Gasteiger charge is 2.19. The van der Waals surface area contributed by atoms with Crippen molar-refractivity contribution >= 4 is 52.2 Å². The normalized spacial score (nSPS) is 10.7. The summed E-state index contributed by atoms with van der Waals surface area (Å²) in [5.74, 6) is 0.846.